The molecule has 0 atom stereocenters. The lowest BCUT2D eigenvalue weighted by Crippen LogP contribution is -2.05. The van der Waals surface area contributed by atoms with E-state index in [0.29, 0.717) is 22.4 Å². The van der Waals surface area contributed by atoms with Crippen molar-refractivity contribution in [1.29, 1.82) is 5.26 Å². The van der Waals surface area contributed by atoms with E-state index in [1.807, 2.05) is 6.07 Å². The molecule has 0 heterocycles. The van der Waals surface area contributed by atoms with Crippen LogP contribution >= 0.6 is 0 Å². The Bertz CT molecular complexity index is 472. The molecule has 0 fully saturated rings. The summed E-state index contributed by atoms with van der Waals surface area (Å²) in [6.45, 7) is 3.60. The van der Waals surface area contributed by atoms with Crippen LogP contribution in [0.2, 0.25) is 0 Å². The van der Waals surface area contributed by atoms with Gasteiger partial charge in [0, 0.05) is 5.70 Å². The molecule has 0 radical (unpaired) electrons. The highest BCUT2D eigenvalue weighted by atomic mass is 16.5. The van der Waals surface area contributed by atoms with Crippen molar-refractivity contribution in [1.82, 2.24) is 0 Å². The SMILES string of the molecule is C=C(N)c1cc(CC#N)cc(C(=O)OC)c1. The van der Waals surface area contributed by atoms with Crippen LogP contribution in [0.15, 0.2) is 24.8 Å². The first-order valence-electron chi connectivity index (χ1n) is 4.62. The van der Waals surface area contributed by atoms with Crippen LogP contribution in [0.3, 0.4) is 0 Å². The molecule has 0 aliphatic heterocycles. The quantitative estimate of drug-likeness (QED) is 0.776. The summed E-state index contributed by atoms with van der Waals surface area (Å²) in [5.41, 5.74) is 7.63. The number of hydrogen-bond donors (Lipinski definition) is 1. The van der Waals surface area contributed by atoms with E-state index in [-0.39, 0.29) is 6.42 Å². The number of esters is 1. The number of benzene rings is 1. The molecule has 0 saturated carbocycles. The molecule has 0 unspecified atom stereocenters. The largest absolute Gasteiger partial charge is 0.465 e. The van der Waals surface area contributed by atoms with Crippen LogP contribution in [-0.4, -0.2) is 13.1 Å². The number of ether oxygens (including phenoxy) is 1. The Morgan fingerprint density at radius 2 is 2.12 bits per heavy atom. The first kappa shape index (κ1) is 11.8. The minimum Gasteiger partial charge on any atom is -0.465 e. The second-order valence-electron chi connectivity index (χ2n) is 3.27. The monoisotopic (exact) mass is 216 g/mol. The van der Waals surface area contributed by atoms with E-state index in [2.05, 4.69) is 11.3 Å². The summed E-state index contributed by atoms with van der Waals surface area (Å²) in [7, 11) is 1.30. The van der Waals surface area contributed by atoms with Crippen molar-refractivity contribution >= 4 is 11.7 Å². The van der Waals surface area contributed by atoms with Gasteiger partial charge in [-0.25, -0.2) is 4.79 Å². The second kappa shape index (κ2) is 4.99. The van der Waals surface area contributed by atoms with Crippen molar-refractivity contribution in [3.05, 3.63) is 41.5 Å². The molecule has 4 heteroatoms. The van der Waals surface area contributed by atoms with Crippen molar-refractivity contribution in [3.8, 4) is 6.07 Å². The van der Waals surface area contributed by atoms with E-state index in [4.69, 9.17) is 11.0 Å². The van der Waals surface area contributed by atoms with Crippen LogP contribution in [0.5, 0.6) is 0 Å². The van der Waals surface area contributed by atoms with Gasteiger partial charge in [-0.3, -0.25) is 0 Å². The van der Waals surface area contributed by atoms with E-state index in [9.17, 15) is 4.79 Å². The molecule has 4 nitrogen and oxygen atoms in total. The molecule has 1 aromatic rings. The van der Waals surface area contributed by atoms with Gasteiger partial charge in [0.1, 0.15) is 0 Å². The normalized spacial score (nSPS) is 9.25. The maximum absolute atomic E-state index is 11.4. The Hall–Kier alpha value is -2.28. The topological polar surface area (TPSA) is 76.1 Å². The molecule has 1 aromatic carbocycles. The van der Waals surface area contributed by atoms with Gasteiger partial charge in [-0.15, -0.1) is 0 Å². The summed E-state index contributed by atoms with van der Waals surface area (Å²) in [6, 6.07) is 6.95. The Morgan fingerprint density at radius 3 is 2.62 bits per heavy atom. The van der Waals surface area contributed by atoms with Crippen molar-refractivity contribution in [3.63, 3.8) is 0 Å². The second-order valence-corrected chi connectivity index (χ2v) is 3.27. The standard InChI is InChI=1S/C12H12N2O2/c1-8(14)10-5-9(3-4-13)6-11(7-10)12(15)16-2/h5-7H,1,3,14H2,2H3. The zero-order valence-corrected chi connectivity index (χ0v) is 8.99. The maximum Gasteiger partial charge on any atom is 0.337 e. The molecule has 82 valence electrons. The number of carbonyl (C=O) groups is 1. The minimum absolute atomic E-state index is 0.213. The molecule has 0 amide bonds. The number of nitrogens with two attached hydrogens (primary N) is 1. The van der Waals surface area contributed by atoms with Gasteiger partial charge in [0.2, 0.25) is 0 Å². The number of methoxy groups -OCH3 is 1. The summed E-state index contributed by atoms with van der Waals surface area (Å²) in [4.78, 5) is 11.4. The molecule has 0 aliphatic carbocycles. The van der Waals surface area contributed by atoms with Crippen molar-refractivity contribution in [2.75, 3.05) is 7.11 Å². The van der Waals surface area contributed by atoms with Crippen LogP contribution in [0.25, 0.3) is 5.70 Å². The zero-order valence-electron chi connectivity index (χ0n) is 8.99. The Labute approximate surface area is 93.9 Å². The summed E-state index contributed by atoms with van der Waals surface area (Å²) in [5.74, 6) is -0.456. The predicted molar refractivity (Wildman–Crippen MR) is 60.3 cm³/mol. The lowest BCUT2D eigenvalue weighted by Gasteiger charge is -2.06. The molecule has 0 aromatic heterocycles. The summed E-state index contributed by atoms with van der Waals surface area (Å²) >= 11 is 0. The average Bonchev–Trinajstić information content (AvgIpc) is 2.28. The fourth-order valence-corrected chi connectivity index (χ4v) is 1.31. The summed E-state index contributed by atoms with van der Waals surface area (Å²) in [6.07, 6.45) is 0.213. The predicted octanol–water partition coefficient (Wildman–Crippen LogP) is 1.47. The molecule has 16 heavy (non-hydrogen) atoms. The third kappa shape index (κ3) is 2.61. The molecular formula is C12H12N2O2. The number of nitriles is 1. The smallest absolute Gasteiger partial charge is 0.337 e. The number of rotatable bonds is 3. The van der Waals surface area contributed by atoms with Crippen molar-refractivity contribution in [2.24, 2.45) is 5.73 Å². The maximum atomic E-state index is 11.4. The lowest BCUT2D eigenvalue weighted by atomic mass is 10.0. The van der Waals surface area contributed by atoms with E-state index in [0.717, 1.165) is 0 Å². The van der Waals surface area contributed by atoms with Gasteiger partial charge in [-0.2, -0.15) is 5.26 Å². The highest BCUT2D eigenvalue weighted by Gasteiger charge is 2.09. The highest BCUT2D eigenvalue weighted by molar-refractivity contribution is 5.90. The zero-order chi connectivity index (χ0) is 12.1. The summed E-state index contributed by atoms with van der Waals surface area (Å²) in [5, 5.41) is 8.62. The van der Waals surface area contributed by atoms with Gasteiger partial charge in [0.15, 0.2) is 0 Å². The third-order valence-corrected chi connectivity index (χ3v) is 2.07. The van der Waals surface area contributed by atoms with Gasteiger partial charge in [0.05, 0.1) is 25.2 Å². The molecular weight excluding hydrogens is 204 g/mol. The Balaban J connectivity index is 3.24. The molecule has 0 saturated heterocycles. The molecule has 1 rings (SSSR count). The van der Waals surface area contributed by atoms with Crippen LogP contribution in [0, 0.1) is 11.3 Å². The highest BCUT2D eigenvalue weighted by Crippen LogP contribution is 2.15. The Morgan fingerprint density at radius 1 is 1.50 bits per heavy atom. The number of carbonyl (C=O) groups excluding carboxylic acids is 1. The molecule has 2 N–H and O–H groups in total. The van der Waals surface area contributed by atoms with Gasteiger partial charge in [-0.1, -0.05) is 6.58 Å². The minimum atomic E-state index is -0.456. The third-order valence-electron chi connectivity index (χ3n) is 2.07. The van der Waals surface area contributed by atoms with E-state index >= 15 is 0 Å². The first-order valence-corrected chi connectivity index (χ1v) is 4.62. The van der Waals surface area contributed by atoms with Crippen LogP contribution in [0.4, 0.5) is 0 Å². The van der Waals surface area contributed by atoms with Crippen molar-refractivity contribution in [2.45, 2.75) is 6.42 Å². The fraction of sp³-hybridized carbons (Fsp3) is 0.167. The van der Waals surface area contributed by atoms with Gasteiger partial charge >= 0.3 is 5.97 Å². The van der Waals surface area contributed by atoms with E-state index in [1.165, 1.54) is 7.11 Å². The molecule has 0 bridgehead atoms. The summed E-state index contributed by atoms with van der Waals surface area (Å²) < 4.78 is 4.61. The van der Waals surface area contributed by atoms with Crippen LogP contribution in [0.1, 0.15) is 21.5 Å². The molecule has 0 spiro atoms. The number of nitrogens with zero attached hydrogens (tertiary/aromatic N) is 1. The van der Waals surface area contributed by atoms with Gasteiger partial charge in [0.25, 0.3) is 0 Å². The Kier molecular flexibility index (Phi) is 3.67. The lowest BCUT2D eigenvalue weighted by molar-refractivity contribution is 0.0600. The van der Waals surface area contributed by atoms with Gasteiger partial charge in [-0.05, 0) is 29.3 Å². The van der Waals surface area contributed by atoms with Crippen molar-refractivity contribution < 1.29 is 9.53 Å². The first-order chi connectivity index (χ1) is 7.58. The van der Waals surface area contributed by atoms with E-state index in [1.54, 1.807) is 18.2 Å². The van der Waals surface area contributed by atoms with Crippen LogP contribution in [-0.2, 0) is 11.2 Å². The van der Waals surface area contributed by atoms with Gasteiger partial charge < -0.3 is 10.5 Å². The number of hydrogen-bond acceptors (Lipinski definition) is 4. The van der Waals surface area contributed by atoms with E-state index < -0.39 is 5.97 Å². The molecule has 0 aliphatic rings. The fourth-order valence-electron chi connectivity index (χ4n) is 1.31. The van der Waals surface area contributed by atoms with Crippen LogP contribution < -0.4 is 5.73 Å². The average molecular weight is 216 g/mol.